The van der Waals surface area contributed by atoms with Crippen LogP contribution in [0.3, 0.4) is 0 Å². The van der Waals surface area contributed by atoms with Gasteiger partial charge >= 0.3 is 6.09 Å². The highest BCUT2D eigenvalue weighted by Crippen LogP contribution is 3.07. The number of nitrogens with two attached hydrogens (primary N) is 1. The predicted octanol–water partition coefficient (Wildman–Crippen LogP) is 0.845. The third-order valence-electron chi connectivity index (χ3n) is 7.74. The summed E-state index contributed by atoms with van der Waals surface area (Å²) in [6.07, 6.45) is 1.13. The lowest BCUT2D eigenvalue weighted by Gasteiger charge is -3.09. The summed E-state index contributed by atoms with van der Waals surface area (Å²) in [5.41, 5.74) is 5.66. The average Bonchev–Trinajstić information content (AvgIpc) is 2.56. The smallest absolute Gasteiger partial charge is 0.405 e. The molecule has 0 aromatic heterocycles. The fourth-order valence-electron chi connectivity index (χ4n) is 7.26. The quantitative estimate of drug-likeness (QED) is 0.599. The summed E-state index contributed by atoms with van der Waals surface area (Å²) < 4.78 is 30.2. The van der Waals surface area contributed by atoms with Crippen molar-refractivity contribution in [2.45, 2.75) is 17.4 Å². The number of carbonyl (C=O) groups is 1. The van der Waals surface area contributed by atoms with E-state index >= 15 is 0 Å². The number of primary amides is 1. The number of nitrogens with one attached hydrogen (secondary N) is 1. The SMILES string of the molecule is Cc1ccccc1S(=O)(=O)NN=CC12C3C4C1C1C2C3C41OC(N)=O. The minimum Gasteiger partial charge on any atom is -0.442 e. The van der Waals surface area contributed by atoms with E-state index in [1.165, 1.54) is 0 Å². The molecule has 0 heterocycles. The van der Waals surface area contributed by atoms with E-state index in [4.69, 9.17) is 10.5 Å². The molecule has 25 heavy (non-hydrogen) atoms. The molecule has 0 unspecified atom stereocenters. The summed E-state index contributed by atoms with van der Waals surface area (Å²) in [6.45, 7) is 1.76. The molecule has 0 aliphatic heterocycles. The zero-order chi connectivity index (χ0) is 17.4. The van der Waals surface area contributed by atoms with Crippen LogP contribution >= 0.6 is 0 Å². The van der Waals surface area contributed by atoms with E-state index in [0.717, 1.165) is 0 Å². The highest BCUT2D eigenvalue weighted by molar-refractivity contribution is 7.89. The molecular weight excluding hydrogens is 342 g/mol. The summed E-state index contributed by atoms with van der Waals surface area (Å²) in [5, 5.41) is 4.09. The van der Waals surface area contributed by atoms with Crippen LogP contribution in [0.4, 0.5) is 4.79 Å². The van der Waals surface area contributed by atoms with E-state index in [-0.39, 0.29) is 15.9 Å². The number of sulfonamides is 1. The van der Waals surface area contributed by atoms with Crippen LogP contribution < -0.4 is 10.6 Å². The maximum Gasteiger partial charge on any atom is 0.405 e. The van der Waals surface area contributed by atoms with Gasteiger partial charge in [-0.2, -0.15) is 13.5 Å². The molecule has 6 fully saturated rings. The topological polar surface area (TPSA) is 111 Å². The highest BCUT2D eigenvalue weighted by Gasteiger charge is 3.11. The summed E-state index contributed by atoms with van der Waals surface area (Å²) in [7, 11) is -3.65. The van der Waals surface area contributed by atoms with Gasteiger partial charge in [-0.1, -0.05) is 18.2 Å². The van der Waals surface area contributed by atoms with Crippen LogP contribution in [-0.2, 0) is 14.8 Å². The van der Waals surface area contributed by atoms with Gasteiger partial charge in [-0.3, -0.25) is 0 Å². The van der Waals surface area contributed by atoms with Crippen LogP contribution in [0, 0.1) is 47.8 Å². The zero-order valence-corrected chi connectivity index (χ0v) is 14.2. The number of hydrogen-bond donors (Lipinski definition) is 2. The largest absolute Gasteiger partial charge is 0.442 e. The monoisotopic (exact) mass is 359 g/mol. The number of hydrogen-bond acceptors (Lipinski definition) is 5. The standard InChI is InChI=1S/C17H17N3O4S/c1-7-4-2-3-5-8(7)25(22,23)20-19-6-16-9-12-10(16)14-11(16)13(9)17(12,14)24-15(18)21/h2-6,9-14,20H,1H3,(H2,18,21). The van der Waals surface area contributed by atoms with Gasteiger partial charge < -0.3 is 10.5 Å². The van der Waals surface area contributed by atoms with Crippen molar-refractivity contribution in [2.24, 2.45) is 51.8 Å². The van der Waals surface area contributed by atoms with Crippen molar-refractivity contribution < 1.29 is 17.9 Å². The second-order valence-corrected chi connectivity index (χ2v) is 9.68. The first-order valence-corrected chi connectivity index (χ1v) is 9.96. The van der Waals surface area contributed by atoms with E-state index in [1.54, 1.807) is 37.4 Å². The Balaban J connectivity index is 1.19. The molecule has 130 valence electrons. The van der Waals surface area contributed by atoms with E-state index < -0.39 is 16.1 Å². The molecule has 0 saturated heterocycles. The van der Waals surface area contributed by atoms with E-state index in [0.29, 0.717) is 41.1 Å². The van der Waals surface area contributed by atoms with Crippen LogP contribution in [0.1, 0.15) is 5.56 Å². The third-order valence-corrected chi connectivity index (χ3v) is 9.12. The maximum absolute atomic E-state index is 12.4. The summed E-state index contributed by atoms with van der Waals surface area (Å²) in [5.74, 6) is 2.70. The fourth-order valence-corrected chi connectivity index (χ4v) is 8.30. The van der Waals surface area contributed by atoms with Crippen LogP contribution in [0.15, 0.2) is 34.3 Å². The Kier molecular flexibility index (Phi) is 2.09. The summed E-state index contributed by atoms with van der Waals surface area (Å²) in [6, 6.07) is 6.83. The van der Waals surface area contributed by atoms with Gasteiger partial charge in [0, 0.05) is 29.4 Å². The van der Waals surface area contributed by atoms with Crippen LogP contribution in [0.25, 0.3) is 0 Å². The first-order chi connectivity index (χ1) is 11.9. The number of ether oxygens (including phenoxy) is 1. The van der Waals surface area contributed by atoms with Crippen molar-refractivity contribution in [2.75, 3.05) is 0 Å². The van der Waals surface area contributed by atoms with E-state index in [1.807, 2.05) is 0 Å². The van der Waals surface area contributed by atoms with Crippen LogP contribution in [0.5, 0.6) is 0 Å². The minimum atomic E-state index is -3.65. The van der Waals surface area contributed by atoms with Crippen molar-refractivity contribution in [1.29, 1.82) is 0 Å². The van der Waals surface area contributed by atoms with E-state index in [2.05, 4.69) is 9.93 Å². The highest BCUT2D eigenvalue weighted by atomic mass is 32.2. The Bertz CT molecular complexity index is 932. The molecule has 6 aliphatic rings. The van der Waals surface area contributed by atoms with Crippen LogP contribution in [-0.4, -0.2) is 26.3 Å². The van der Waals surface area contributed by atoms with Gasteiger partial charge in [0.15, 0.2) is 0 Å². The Morgan fingerprint density at radius 2 is 1.80 bits per heavy atom. The lowest BCUT2D eigenvalue weighted by atomic mass is 8.95. The second kappa shape index (κ2) is 3.70. The molecule has 1 aromatic carbocycles. The Morgan fingerprint density at radius 1 is 1.20 bits per heavy atom. The summed E-state index contributed by atoms with van der Waals surface area (Å²) >= 11 is 0. The molecule has 6 saturated carbocycles. The molecular formula is C17H17N3O4S. The van der Waals surface area contributed by atoms with Crippen molar-refractivity contribution in [3.63, 3.8) is 0 Å². The molecule has 0 atom stereocenters. The van der Waals surface area contributed by atoms with Crippen LogP contribution in [0.2, 0.25) is 0 Å². The average molecular weight is 359 g/mol. The van der Waals surface area contributed by atoms with Crippen molar-refractivity contribution in [3.05, 3.63) is 29.8 Å². The number of rotatable bonds is 5. The van der Waals surface area contributed by atoms with Gasteiger partial charge in [-0.15, -0.1) is 0 Å². The van der Waals surface area contributed by atoms with Crippen molar-refractivity contribution >= 4 is 22.3 Å². The molecule has 6 aliphatic carbocycles. The summed E-state index contributed by atoms with van der Waals surface area (Å²) in [4.78, 5) is 13.7. The number of amides is 1. The Morgan fingerprint density at radius 3 is 2.36 bits per heavy atom. The lowest BCUT2D eigenvalue weighted by Crippen LogP contribution is -3.13. The molecule has 0 bridgehead atoms. The van der Waals surface area contributed by atoms with Crippen molar-refractivity contribution in [3.8, 4) is 0 Å². The molecule has 7 nitrogen and oxygen atoms in total. The molecule has 8 heteroatoms. The number of aryl methyl sites for hydroxylation is 1. The molecule has 1 aromatic rings. The molecule has 3 N–H and O–H groups in total. The van der Waals surface area contributed by atoms with Gasteiger partial charge in [0.25, 0.3) is 10.0 Å². The fraction of sp³-hybridized carbons (Fsp3) is 0.529. The maximum atomic E-state index is 12.4. The van der Waals surface area contributed by atoms with Gasteiger partial charge in [-0.05, 0) is 36.3 Å². The predicted molar refractivity (Wildman–Crippen MR) is 86.8 cm³/mol. The number of carbonyl (C=O) groups excluding carboxylic acids is 1. The van der Waals surface area contributed by atoms with Crippen molar-refractivity contribution in [1.82, 2.24) is 4.83 Å². The van der Waals surface area contributed by atoms with Gasteiger partial charge in [0.05, 0.1) is 4.90 Å². The van der Waals surface area contributed by atoms with E-state index in [9.17, 15) is 13.2 Å². The van der Waals surface area contributed by atoms with Gasteiger partial charge in [0.2, 0.25) is 0 Å². The van der Waals surface area contributed by atoms with Gasteiger partial charge in [0.1, 0.15) is 5.60 Å². The molecule has 7 rings (SSSR count). The molecule has 0 spiro atoms. The molecule has 0 radical (unpaired) electrons. The zero-order valence-electron chi connectivity index (χ0n) is 13.4. The normalized spacial score (nSPS) is 49.0. The third kappa shape index (κ3) is 1.12. The minimum absolute atomic E-state index is 0.0387. The number of benzene rings is 1. The second-order valence-electron chi connectivity index (χ2n) is 8.05. The Labute approximate surface area is 144 Å². The number of hydrazone groups is 1. The molecule has 1 amide bonds. The number of nitrogens with zero attached hydrogens (tertiary/aromatic N) is 1. The lowest BCUT2D eigenvalue weighted by molar-refractivity contribution is -0.638. The first kappa shape index (κ1) is 14.1. The Hall–Kier alpha value is -2.09. The first-order valence-electron chi connectivity index (χ1n) is 8.47. The van der Waals surface area contributed by atoms with Gasteiger partial charge in [-0.25, -0.2) is 9.63 Å².